The third-order valence-electron chi connectivity index (χ3n) is 2.38. The van der Waals surface area contributed by atoms with Crippen LogP contribution in [0.5, 0.6) is 0 Å². The largest absolute Gasteiger partial charge is 0.499 e. The van der Waals surface area contributed by atoms with Gasteiger partial charge in [0.15, 0.2) is 0 Å². The zero-order valence-corrected chi connectivity index (χ0v) is 9.99. The average Bonchev–Trinajstić information content (AvgIpc) is 2.72. The number of nitriles is 1. The van der Waals surface area contributed by atoms with Crippen LogP contribution in [0.2, 0.25) is 0 Å². The first-order valence-corrected chi connectivity index (χ1v) is 5.79. The second kappa shape index (κ2) is 4.86. The van der Waals surface area contributed by atoms with Crippen molar-refractivity contribution >= 4 is 33.3 Å². The van der Waals surface area contributed by atoms with Crippen LogP contribution < -0.4 is 4.78 Å². The van der Waals surface area contributed by atoms with Crippen molar-refractivity contribution in [1.82, 2.24) is 0 Å². The first-order valence-electron chi connectivity index (χ1n) is 4.97. The van der Waals surface area contributed by atoms with Crippen LogP contribution in [0.1, 0.15) is 11.1 Å². The third kappa shape index (κ3) is 2.33. The summed E-state index contributed by atoms with van der Waals surface area (Å²) < 4.78 is 6.24. The van der Waals surface area contributed by atoms with Gasteiger partial charge < -0.3 is 14.8 Å². The summed E-state index contributed by atoms with van der Waals surface area (Å²) >= 11 is 1.22. The fourth-order valence-corrected chi connectivity index (χ4v) is 2.67. The summed E-state index contributed by atoms with van der Waals surface area (Å²) in [6, 6.07) is 7.45. The number of hydrogen-bond acceptors (Lipinski definition) is 5. The smallest absolute Gasteiger partial charge is 0.423 e. The molecule has 2 rings (SSSR count). The Morgan fingerprint density at radius 2 is 2.18 bits per heavy atom. The van der Waals surface area contributed by atoms with Gasteiger partial charge in [0.2, 0.25) is 0 Å². The highest BCUT2D eigenvalue weighted by Gasteiger charge is 2.16. The number of fused-ring (bicyclic) bond motifs is 1. The minimum atomic E-state index is -1.50. The van der Waals surface area contributed by atoms with Crippen molar-refractivity contribution in [3.05, 3.63) is 29.3 Å². The number of methoxy groups -OCH3 is 1. The Morgan fingerprint density at radius 3 is 2.76 bits per heavy atom. The fraction of sp³-hybridized carbons (Fsp3) is 0.182. The molecule has 0 bridgehead atoms. The van der Waals surface area contributed by atoms with Crippen LogP contribution in [-0.2, 0) is 11.3 Å². The van der Waals surface area contributed by atoms with Gasteiger partial charge in [0.05, 0.1) is 16.9 Å². The van der Waals surface area contributed by atoms with Crippen LogP contribution in [-0.4, -0.2) is 24.3 Å². The van der Waals surface area contributed by atoms with Crippen molar-refractivity contribution in [2.45, 2.75) is 6.61 Å². The van der Waals surface area contributed by atoms with Crippen LogP contribution in [0.25, 0.3) is 10.1 Å². The Hall–Kier alpha value is -1.39. The van der Waals surface area contributed by atoms with Gasteiger partial charge in [-0.3, -0.25) is 0 Å². The van der Waals surface area contributed by atoms with Crippen molar-refractivity contribution in [2.24, 2.45) is 0 Å². The summed E-state index contributed by atoms with van der Waals surface area (Å²) in [6.07, 6.45) is 0. The van der Waals surface area contributed by atoms with E-state index in [2.05, 4.69) is 6.07 Å². The predicted molar refractivity (Wildman–Crippen MR) is 67.1 cm³/mol. The lowest BCUT2D eigenvalue weighted by molar-refractivity contribution is 0.185. The van der Waals surface area contributed by atoms with Gasteiger partial charge in [0, 0.05) is 11.9 Å². The second-order valence-electron chi connectivity index (χ2n) is 3.63. The van der Waals surface area contributed by atoms with Crippen molar-refractivity contribution in [3.63, 3.8) is 0 Å². The molecule has 6 heteroatoms. The predicted octanol–water partition coefficient (Wildman–Crippen LogP) is 0.599. The van der Waals surface area contributed by atoms with E-state index in [1.807, 2.05) is 6.07 Å². The van der Waals surface area contributed by atoms with E-state index in [-0.39, 0.29) is 0 Å². The summed E-state index contributed by atoms with van der Waals surface area (Å²) in [5.74, 6) is 0. The van der Waals surface area contributed by atoms with E-state index >= 15 is 0 Å². The number of rotatable bonds is 3. The maximum Gasteiger partial charge on any atom is 0.499 e. The molecule has 4 nitrogen and oxygen atoms in total. The second-order valence-corrected chi connectivity index (χ2v) is 4.71. The molecule has 2 N–H and O–H groups in total. The van der Waals surface area contributed by atoms with Gasteiger partial charge in [-0.15, -0.1) is 11.3 Å². The average molecular weight is 247 g/mol. The third-order valence-corrected chi connectivity index (χ3v) is 3.61. The SMILES string of the molecule is COCc1cc(C#N)c2sc(B(O)O)cc2c1. The maximum absolute atomic E-state index is 9.12. The Kier molecular flexibility index (Phi) is 3.45. The summed E-state index contributed by atoms with van der Waals surface area (Å²) in [5, 5.41) is 28.1. The monoisotopic (exact) mass is 247 g/mol. The fourth-order valence-electron chi connectivity index (χ4n) is 1.70. The lowest BCUT2D eigenvalue weighted by Gasteiger charge is -2.01. The number of benzene rings is 1. The molecule has 1 aromatic heterocycles. The topological polar surface area (TPSA) is 73.5 Å². The highest BCUT2D eigenvalue weighted by molar-refractivity contribution is 7.28. The number of thiophene rings is 1. The maximum atomic E-state index is 9.12. The van der Waals surface area contributed by atoms with Crippen molar-refractivity contribution in [3.8, 4) is 6.07 Å². The van der Waals surface area contributed by atoms with Crippen LogP contribution in [0.3, 0.4) is 0 Å². The molecule has 2 aromatic rings. The van der Waals surface area contributed by atoms with E-state index in [9.17, 15) is 0 Å². The molecular weight excluding hydrogens is 237 g/mol. The molecule has 1 aromatic carbocycles. The van der Waals surface area contributed by atoms with E-state index in [1.165, 1.54) is 11.3 Å². The molecule has 0 unspecified atom stereocenters. The molecule has 0 aliphatic carbocycles. The Morgan fingerprint density at radius 1 is 1.41 bits per heavy atom. The summed E-state index contributed by atoms with van der Waals surface area (Å²) in [5.41, 5.74) is 1.43. The molecule has 0 spiro atoms. The van der Waals surface area contributed by atoms with Gasteiger partial charge in [-0.25, -0.2) is 0 Å². The normalized spacial score (nSPS) is 10.5. The molecule has 0 aliphatic heterocycles. The molecular formula is C11H10BNO3S. The van der Waals surface area contributed by atoms with Crippen LogP contribution in [0, 0.1) is 11.3 Å². The van der Waals surface area contributed by atoms with Gasteiger partial charge >= 0.3 is 7.12 Å². The summed E-state index contributed by atoms with van der Waals surface area (Å²) in [6.45, 7) is 0.428. The van der Waals surface area contributed by atoms with E-state index in [4.69, 9.17) is 20.0 Å². The van der Waals surface area contributed by atoms with Crippen molar-refractivity contribution in [2.75, 3.05) is 7.11 Å². The molecule has 0 amide bonds. The van der Waals surface area contributed by atoms with Gasteiger partial charge in [-0.1, -0.05) is 0 Å². The highest BCUT2D eigenvalue weighted by Crippen LogP contribution is 2.25. The number of hydrogen-bond donors (Lipinski definition) is 2. The van der Waals surface area contributed by atoms with Crippen molar-refractivity contribution < 1.29 is 14.8 Å². The van der Waals surface area contributed by atoms with Crippen LogP contribution >= 0.6 is 11.3 Å². The van der Waals surface area contributed by atoms with Gasteiger partial charge in [0.1, 0.15) is 6.07 Å². The lowest BCUT2D eigenvalue weighted by Crippen LogP contribution is -2.26. The van der Waals surface area contributed by atoms with E-state index in [0.29, 0.717) is 16.9 Å². The summed E-state index contributed by atoms with van der Waals surface area (Å²) in [4.78, 5) is 0. The Labute approximate surface area is 103 Å². The quantitative estimate of drug-likeness (QED) is 0.779. The molecule has 1 heterocycles. The van der Waals surface area contributed by atoms with Gasteiger partial charge in [-0.2, -0.15) is 5.26 Å². The molecule has 0 saturated heterocycles. The highest BCUT2D eigenvalue weighted by atomic mass is 32.1. The van der Waals surface area contributed by atoms with E-state index < -0.39 is 7.12 Å². The van der Waals surface area contributed by atoms with Crippen molar-refractivity contribution in [1.29, 1.82) is 5.26 Å². The molecule has 17 heavy (non-hydrogen) atoms. The van der Waals surface area contributed by atoms with E-state index in [1.54, 1.807) is 19.2 Å². The number of ether oxygens (including phenoxy) is 1. The first-order chi connectivity index (χ1) is 8.15. The van der Waals surface area contributed by atoms with Crippen LogP contribution in [0.4, 0.5) is 0 Å². The minimum Gasteiger partial charge on any atom is -0.423 e. The molecule has 0 atom stereocenters. The van der Waals surface area contributed by atoms with Crippen LogP contribution in [0.15, 0.2) is 18.2 Å². The minimum absolute atomic E-state index is 0.428. The van der Waals surface area contributed by atoms with Gasteiger partial charge in [0.25, 0.3) is 0 Å². The molecule has 0 saturated carbocycles. The molecule has 86 valence electrons. The Balaban J connectivity index is 2.62. The Bertz CT molecular complexity index is 588. The first kappa shape index (κ1) is 12.1. The zero-order chi connectivity index (χ0) is 12.4. The van der Waals surface area contributed by atoms with Gasteiger partial charge in [-0.05, 0) is 29.1 Å². The molecule has 0 radical (unpaired) electrons. The number of nitrogens with zero attached hydrogens (tertiary/aromatic N) is 1. The lowest BCUT2D eigenvalue weighted by atomic mass is 9.89. The van der Waals surface area contributed by atoms with E-state index in [0.717, 1.165) is 15.6 Å². The zero-order valence-electron chi connectivity index (χ0n) is 9.17. The molecule has 0 fully saturated rings. The standard InChI is InChI=1S/C11H10BNO3S/c1-16-6-7-2-8-4-10(12(14)15)17-11(8)9(3-7)5-13/h2-4,14-15H,6H2,1H3. The summed E-state index contributed by atoms with van der Waals surface area (Å²) in [7, 11) is 0.0945. The molecule has 0 aliphatic rings.